The molecular formula is C12H21N3O2S. The molecule has 1 aromatic rings. The third-order valence-corrected chi connectivity index (χ3v) is 3.97. The van der Waals surface area contributed by atoms with E-state index in [2.05, 4.69) is 15.0 Å². The summed E-state index contributed by atoms with van der Waals surface area (Å²) in [5.74, 6) is 0.204. The van der Waals surface area contributed by atoms with Gasteiger partial charge in [-0.2, -0.15) is 0 Å². The molecule has 0 unspecified atom stereocenters. The molecule has 18 heavy (non-hydrogen) atoms. The van der Waals surface area contributed by atoms with Gasteiger partial charge in [-0.3, -0.25) is 4.98 Å². The highest BCUT2D eigenvalue weighted by Gasteiger charge is 2.06. The van der Waals surface area contributed by atoms with E-state index in [-0.39, 0.29) is 5.75 Å². The van der Waals surface area contributed by atoms with E-state index in [9.17, 15) is 8.42 Å². The predicted molar refractivity (Wildman–Crippen MR) is 72.6 cm³/mol. The lowest BCUT2D eigenvalue weighted by Crippen LogP contribution is -2.29. The summed E-state index contributed by atoms with van der Waals surface area (Å²) < 4.78 is 25.3. The SMILES string of the molecule is CCCS(=O)(=O)NCCCNCc1cccnc1. The first-order valence-corrected chi connectivity index (χ1v) is 7.86. The van der Waals surface area contributed by atoms with Crippen molar-refractivity contribution >= 4 is 10.0 Å². The highest BCUT2D eigenvalue weighted by Crippen LogP contribution is 1.94. The summed E-state index contributed by atoms with van der Waals surface area (Å²) in [5, 5.41) is 3.25. The molecule has 0 aliphatic rings. The fourth-order valence-corrected chi connectivity index (χ4v) is 2.65. The van der Waals surface area contributed by atoms with E-state index in [1.807, 2.05) is 25.3 Å². The van der Waals surface area contributed by atoms with E-state index < -0.39 is 10.0 Å². The van der Waals surface area contributed by atoms with Gasteiger partial charge in [0, 0.05) is 25.5 Å². The third kappa shape index (κ3) is 6.68. The molecule has 6 heteroatoms. The van der Waals surface area contributed by atoms with E-state index in [0.717, 1.165) is 25.1 Å². The summed E-state index contributed by atoms with van der Waals surface area (Å²) in [4.78, 5) is 4.02. The van der Waals surface area contributed by atoms with Gasteiger partial charge >= 0.3 is 0 Å². The van der Waals surface area contributed by atoms with Gasteiger partial charge in [-0.05, 0) is 31.0 Å². The molecule has 1 rings (SSSR count). The Morgan fingerprint density at radius 3 is 2.83 bits per heavy atom. The normalized spacial score (nSPS) is 11.6. The molecule has 0 spiro atoms. The van der Waals surface area contributed by atoms with Crippen LogP contribution in [0, 0.1) is 0 Å². The minimum atomic E-state index is -3.06. The molecule has 1 heterocycles. The molecule has 0 aromatic carbocycles. The van der Waals surface area contributed by atoms with Crippen LogP contribution in [0.3, 0.4) is 0 Å². The average molecular weight is 271 g/mol. The Balaban J connectivity index is 2.06. The molecule has 0 bridgehead atoms. The van der Waals surface area contributed by atoms with E-state index in [0.29, 0.717) is 13.0 Å². The Bertz CT molecular complexity index is 420. The number of hydrogen-bond acceptors (Lipinski definition) is 4. The first-order chi connectivity index (χ1) is 8.64. The van der Waals surface area contributed by atoms with Gasteiger partial charge in [-0.25, -0.2) is 13.1 Å². The summed E-state index contributed by atoms with van der Waals surface area (Å²) in [6.45, 7) is 3.89. The molecule has 0 atom stereocenters. The van der Waals surface area contributed by atoms with Crippen molar-refractivity contribution in [2.24, 2.45) is 0 Å². The molecule has 0 radical (unpaired) electrons. The van der Waals surface area contributed by atoms with Crippen LogP contribution in [-0.2, 0) is 16.6 Å². The monoisotopic (exact) mass is 271 g/mol. The topological polar surface area (TPSA) is 71.1 Å². The largest absolute Gasteiger partial charge is 0.313 e. The Hall–Kier alpha value is -0.980. The lowest BCUT2D eigenvalue weighted by Gasteiger charge is -2.06. The van der Waals surface area contributed by atoms with E-state index in [1.165, 1.54) is 0 Å². The fourth-order valence-electron chi connectivity index (χ4n) is 1.52. The molecule has 0 saturated carbocycles. The van der Waals surface area contributed by atoms with Crippen LogP contribution in [0.2, 0.25) is 0 Å². The Morgan fingerprint density at radius 2 is 2.17 bits per heavy atom. The van der Waals surface area contributed by atoms with Gasteiger partial charge in [0.25, 0.3) is 0 Å². The highest BCUT2D eigenvalue weighted by atomic mass is 32.2. The van der Waals surface area contributed by atoms with Gasteiger partial charge in [-0.1, -0.05) is 13.0 Å². The molecule has 0 fully saturated rings. The van der Waals surface area contributed by atoms with Crippen molar-refractivity contribution in [3.05, 3.63) is 30.1 Å². The molecule has 0 aliphatic heterocycles. The van der Waals surface area contributed by atoms with Gasteiger partial charge in [0.2, 0.25) is 10.0 Å². The molecule has 102 valence electrons. The molecule has 1 aromatic heterocycles. The van der Waals surface area contributed by atoms with E-state index in [1.54, 1.807) is 6.20 Å². The lowest BCUT2D eigenvalue weighted by atomic mass is 10.3. The first kappa shape index (κ1) is 15.1. The minimum Gasteiger partial charge on any atom is -0.313 e. The summed E-state index contributed by atoms with van der Waals surface area (Å²) >= 11 is 0. The maximum Gasteiger partial charge on any atom is 0.211 e. The van der Waals surface area contributed by atoms with Crippen molar-refractivity contribution in [1.82, 2.24) is 15.0 Å². The Kier molecular flexibility index (Phi) is 6.85. The van der Waals surface area contributed by atoms with Crippen molar-refractivity contribution in [1.29, 1.82) is 0 Å². The summed E-state index contributed by atoms with van der Waals surface area (Å²) in [5.41, 5.74) is 1.13. The summed E-state index contributed by atoms with van der Waals surface area (Å²) in [7, 11) is -3.06. The summed E-state index contributed by atoms with van der Waals surface area (Å²) in [6, 6.07) is 3.90. The van der Waals surface area contributed by atoms with Crippen LogP contribution in [0.5, 0.6) is 0 Å². The van der Waals surface area contributed by atoms with Crippen molar-refractivity contribution in [3.63, 3.8) is 0 Å². The van der Waals surface area contributed by atoms with Crippen LogP contribution in [0.4, 0.5) is 0 Å². The standard InChI is InChI=1S/C12H21N3O2S/c1-2-9-18(16,17)15-8-4-7-14-11-12-5-3-6-13-10-12/h3,5-6,10,14-15H,2,4,7-9,11H2,1H3. The van der Waals surface area contributed by atoms with Crippen LogP contribution < -0.4 is 10.0 Å². The predicted octanol–water partition coefficient (Wildman–Crippen LogP) is 0.891. The van der Waals surface area contributed by atoms with Crippen molar-refractivity contribution < 1.29 is 8.42 Å². The number of rotatable bonds is 9. The number of pyridine rings is 1. The zero-order valence-corrected chi connectivity index (χ0v) is 11.5. The summed E-state index contributed by atoms with van der Waals surface area (Å²) in [6.07, 6.45) is 4.99. The van der Waals surface area contributed by atoms with Gasteiger partial charge in [0.05, 0.1) is 5.75 Å². The number of nitrogens with one attached hydrogen (secondary N) is 2. The number of sulfonamides is 1. The van der Waals surface area contributed by atoms with Crippen molar-refractivity contribution in [2.75, 3.05) is 18.8 Å². The van der Waals surface area contributed by atoms with Crippen LogP contribution in [0.15, 0.2) is 24.5 Å². The molecule has 0 aliphatic carbocycles. The minimum absolute atomic E-state index is 0.204. The van der Waals surface area contributed by atoms with Gasteiger partial charge in [0.1, 0.15) is 0 Å². The van der Waals surface area contributed by atoms with Gasteiger partial charge in [-0.15, -0.1) is 0 Å². The van der Waals surface area contributed by atoms with Crippen molar-refractivity contribution in [3.8, 4) is 0 Å². The van der Waals surface area contributed by atoms with Crippen LogP contribution >= 0.6 is 0 Å². The van der Waals surface area contributed by atoms with Gasteiger partial charge < -0.3 is 5.32 Å². The maximum atomic E-state index is 11.3. The zero-order chi connectivity index (χ0) is 13.3. The fraction of sp³-hybridized carbons (Fsp3) is 0.583. The first-order valence-electron chi connectivity index (χ1n) is 6.21. The quantitative estimate of drug-likeness (QED) is 0.654. The molecule has 2 N–H and O–H groups in total. The molecule has 0 amide bonds. The van der Waals surface area contributed by atoms with E-state index >= 15 is 0 Å². The van der Waals surface area contributed by atoms with Crippen molar-refractivity contribution in [2.45, 2.75) is 26.3 Å². The number of hydrogen-bond donors (Lipinski definition) is 2. The van der Waals surface area contributed by atoms with Crippen LogP contribution in [0.1, 0.15) is 25.3 Å². The number of nitrogens with zero attached hydrogens (tertiary/aromatic N) is 1. The second-order valence-electron chi connectivity index (χ2n) is 4.10. The molecule has 0 saturated heterocycles. The Morgan fingerprint density at radius 1 is 1.33 bits per heavy atom. The third-order valence-electron chi connectivity index (χ3n) is 2.38. The van der Waals surface area contributed by atoms with E-state index in [4.69, 9.17) is 0 Å². The molecule has 5 nitrogen and oxygen atoms in total. The van der Waals surface area contributed by atoms with Gasteiger partial charge in [0.15, 0.2) is 0 Å². The van der Waals surface area contributed by atoms with Crippen LogP contribution in [0.25, 0.3) is 0 Å². The lowest BCUT2D eigenvalue weighted by molar-refractivity contribution is 0.572. The highest BCUT2D eigenvalue weighted by molar-refractivity contribution is 7.89. The second kappa shape index (κ2) is 8.18. The zero-order valence-electron chi connectivity index (χ0n) is 10.7. The smallest absolute Gasteiger partial charge is 0.211 e. The van der Waals surface area contributed by atoms with Crippen LogP contribution in [-0.4, -0.2) is 32.2 Å². The Labute approximate surface area is 109 Å². The number of aromatic nitrogens is 1. The molecular weight excluding hydrogens is 250 g/mol. The maximum absolute atomic E-state index is 11.3. The average Bonchev–Trinajstić information content (AvgIpc) is 2.35. The second-order valence-corrected chi connectivity index (χ2v) is 6.03.